The Morgan fingerprint density at radius 2 is 1.54 bits per heavy atom. The molecule has 2 heterocycles. The molecule has 0 saturated carbocycles. The van der Waals surface area contributed by atoms with Crippen molar-refractivity contribution in [1.82, 2.24) is 9.97 Å². The first-order valence-electron chi connectivity index (χ1n) is 9.23. The topological polar surface area (TPSA) is 25.8 Å². The van der Waals surface area contributed by atoms with Crippen molar-refractivity contribution in [2.45, 2.75) is 39.5 Å². The van der Waals surface area contributed by atoms with Crippen molar-refractivity contribution in [3.8, 4) is 0 Å². The number of pyridine rings is 2. The van der Waals surface area contributed by atoms with Gasteiger partial charge in [0.1, 0.15) is 0 Å². The normalized spacial score (nSPS) is 11.0. The van der Waals surface area contributed by atoms with Gasteiger partial charge in [0.15, 0.2) is 0 Å². The van der Waals surface area contributed by atoms with Crippen LogP contribution in [0.15, 0.2) is 73.2 Å². The van der Waals surface area contributed by atoms with Gasteiger partial charge in [-0.3, -0.25) is 9.97 Å². The molecule has 0 atom stereocenters. The molecule has 0 saturated heterocycles. The van der Waals surface area contributed by atoms with Crippen LogP contribution in [0, 0.1) is 0 Å². The molecule has 4 aromatic rings. The van der Waals surface area contributed by atoms with Gasteiger partial charge in [0, 0.05) is 29.4 Å². The average molecular weight is 342 g/mol. The van der Waals surface area contributed by atoms with E-state index in [9.17, 15) is 0 Å². The third-order valence-corrected chi connectivity index (χ3v) is 4.63. The maximum absolute atomic E-state index is 4.28. The summed E-state index contributed by atoms with van der Waals surface area (Å²) in [5.74, 6) is 1.15. The first kappa shape index (κ1) is 18.1. The molecule has 0 spiro atoms. The lowest BCUT2D eigenvalue weighted by molar-refractivity contribution is 0.868. The fraction of sp³-hybridized carbons (Fsp3) is 0.250. The lowest BCUT2D eigenvalue weighted by Gasteiger charge is -2.08. The Bertz CT molecular complexity index is 991. The summed E-state index contributed by atoms with van der Waals surface area (Å²) in [6.07, 6.45) is 5.62. The van der Waals surface area contributed by atoms with Gasteiger partial charge in [0.05, 0.1) is 5.52 Å². The number of hydrogen-bond acceptors (Lipinski definition) is 2. The van der Waals surface area contributed by atoms with Gasteiger partial charge in [-0.15, -0.1) is 0 Å². The van der Waals surface area contributed by atoms with Crippen molar-refractivity contribution in [3.63, 3.8) is 0 Å². The third-order valence-electron chi connectivity index (χ3n) is 4.63. The lowest BCUT2D eigenvalue weighted by Crippen LogP contribution is -1.89. The number of fused-ring (bicyclic) bond motifs is 2. The van der Waals surface area contributed by atoms with Gasteiger partial charge < -0.3 is 0 Å². The Hall–Kier alpha value is -2.74. The zero-order valence-corrected chi connectivity index (χ0v) is 16.0. The van der Waals surface area contributed by atoms with Crippen LogP contribution in [0.2, 0.25) is 0 Å². The van der Waals surface area contributed by atoms with E-state index in [4.69, 9.17) is 0 Å². The molecule has 0 unspecified atom stereocenters. The van der Waals surface area contributed by atoms with Crippen LogP contribution >= 0.6 is 0 Å². The second-order valence-corrected chi connectivity index (χ2v) is 7.21. The second kappa shape index (κ2) is 8.09. The molecule has 0 aliphatic heterocycles. The fourth-order valence-corrected chi connectivity index (χ4v) is 3.09. The van der Waals surface area contributed by atoms with Crippen LogP contribution in [0.4, 0.5) is 0 Å². The van der Waals surface area contributed by atoms with E-state index in [2.05, 4.69) is 86.2 Å². The lowest BCUT2D eigenvalue weighted by atomic mass is 9.98. The molecule has 132 valence electrons. The molecular weight excluding hydrogens is 316 g/mol. The minimum Gasteiger partial charge on any atom is -0.264 e. The summed E-state index contributed by atoms with van der Waals surface area (Å²) in [6.45, 7) is 8.83. The maximum Gasteiger partial charge on any atom is 0.0702 e. The largest absolute Gasteiger partial charge is 0.264 e. The highest BCUT2D eigenvalue weighted by Crippen LogP contribution is 2.24. The quantitative estimate of drug-likeness (QED) is 0.404. The molecule has 0 aliphatic carbocycles. The van der Waals surface area contributed by atoms with E-state index in [0.29, 0.717) is 11.8 Å². The first-order chi connectivity index (χ1) is 12.6. The maximum atomic E-state index is 4.28. The Kier molecular flexibility index (Phi) is 5.62. The first-order valence-corrected chi connectivity index (χ1v) is 9.23. The van der Waals surface area contributed by atoms with Gasteiger partial charge >= 0.3 is 0 Å². The molecule has 0 fully saturated rings. The number of nitrogens with zero attached hydrogens (tertiary/aromatic N) is 2. The molecule has 2 aromatic carbocycles. The van der Waals surface area contributed by atoms with Crippen molar-refractivity contribution >= 4 is 21.7 Å². The van der Waals surface area contributed by atoms with Crippen molar-refractivity contribution in [2.24, 2.45) is 0 Å². The summed E-state index contributed by atoms with van der Waals surface area (Å²) in [5, 5.41) is 3.79. The minimum absolute atomic E-state index is 0.563. The van der Waals surface area contributed by atoms with Crippen molar-refractivity contribution in [1.29, 1.82) is 0 Å². The van der Waals surface area contributed by atoms with Gasteiger partial charge in [0.25, 0.3) is 0 Å². The van der Waals surface area contributed by atoms with Gasteiger partial charge in [-0.25, -0.2) is 0 Å². The standard InChI is InChI=1S/2C12H13N/c1-9(2)10-5-6-12-11(8-10)4-3-7-13-12;1-9(2)11-5-3-4-10-6-7-13-8-12(10)11/h2*3-9H,1-2H3. The van der Waals surface area contributed by atoms with Crippen LogP contribution < -0.4 is 0 Å². The van der Waals surface area contributed by atoms with Crippen molar-refractivity contribution < 1.29 is 0 Å². The zero-order chi connectivity index (χ0) is 18.5. The highest BCUT2D eigenvalue weighted by atomic mass is 14.6. The monoisotopic (exact) mass is 342 g/mol. The SMILES string of the molecule is CC(C)c1ccc2ncccc2c1.CC(C)c1cccc2ccncc12. The van der Waals surface area contributed by atoms with Crippen molar-refractivity contribution in [3.05, 3.63) is 84.3 Å². The average Bonchev–Trinajstić information content (AvgIpc) is 2.67. The molecule has 26 heavy (non-hydrogen) atoms. The van der Waals surface area contributed by atoms with Gasteiger partial charge in [-0.2, -0.15) is 0 Å². The molecular formula is C24H26N2. The molecule has 0 radical (unpaired) electrons. The minimum atomic E-state index is 0.563. The van der Waals surface area contributed by atoms with E-state index < -0.39 is 0 Å². The van der Waals surface area contributed by atoms with E-state index in [1.165, 1.54) is 27.3 Å². The van der Waals surface area contributed by atoms with Crippen LogP contribution in [-0.2, 0) is 0 Å². The Morgan fingerprint density at radius 1 is 0.731 bits per heavy atom. The molecule has 0 N–H and O–H groups in total. The predicted octanol–water partition coefficient (Wildman–Crippen LogP) is 6.72. The van der Waals surface area contributed by atoms with Gasteiger partial charge in [-0.05, 0) is 52.6 Å². The smallest absolute Gasteiger partial charge is 0.0702 e. The number of hydrogen-bond donors (Lipinski definition) is 0. The summed E-state index contributed by atoms with van der Waals surface area (Å²) in [4.78, 5) is 8.44. The number of benzene rings is 2. The van der Waals surface area contributed by atoms with Crippen LogP contribution in [0.25, 0.3) is 21.7 Å². The Labute approximate surface area is 155 Å². The molecule has 2 nitrogen and oxygen atoms in total. The fourth-order valence-electron chi connectivity index (χ4n) is 3.09. The zero-order valence-electron chi connectivity index (χ0n) is 16.0. The summed E-state index contributed by atoms with van der Waals surface area (Å²) >= 11 is 0. The van der Waals surface area contributed by atoms with E-state index >= 15 is 0 Å². The van der Waals surface area contributed by atoms with Crippen molar-refractivity contribution in [2.75, 3.05) is 0 Å². The third kappa shape index (κ3) is 4.08. The summed E-state index contributed by atoms with van der Waals surface area (Å²) in [5.41, 5.74) is 3.83. The van der Waals surface area contributed by atoms with E-state index in [-0.39, 0.29) is 0 Å². The van der Waals surface area contributed by atoms with Crippen LogP contribution in [0.3, 0.4) is 0 Å². The highest BCUT2D eigenvalue weighted by Gasteiger charge is 2.03. The van der Waals surface area contributed by atoms with Crippen LogP contribution in [0.1, 0.15) is 50.7 Å². The van der Waals surface area contributed by atoms with E-state index in [1.807, 2.05) is 24.7 Å². The molecule has 2 heteroatoms. The second-order valence-electron chi connectivity index (χ2n) is 7.21. The van der Waals surface area contributed by atoms with Crippen LogP contribution in [-0.4, -0.2) is 9.97 Å². The Balaban J connectivity index is 0.000000151. The molecule has 0 aliphatic rings. The summed E-state index contributed by atoms with van der Waals surface area (Å²) < 4.78 is 0. The molecule has 0 bridgehead atoms. The molecule has 0 amide bonds. The van der Waals surface area contributed by atoms with E-state index in [0.717, 1.165) is 5.52 Å². The molecule has 4 rings (SSSR count). The van der Waals surface area contributed by atoms with Gasteiger partial charge in [0.2, 0.25) is 0 Å². The number of rotatable bonds is 2. The summed E-state index contributed by atoms with van der Waals surface area (Å²) in [7, 11) is 0. The van der Waals surface area contributed by atoms with E-state index in [1.54, 1.807) is 0 Å². The predicted molar refractivity (Wildman–Crippen MR) is 112 cm³/mol. The Morgan fingerprint density at radius 3 is 2.31 bits per heavy atom. The summed E-state index contributed by atoms with van der Waals surface area (Å²) in [6, 6.07) is 19.0. The number of aromatic nitrogens is 2. The van der Waals surface area contributed by atoms with Crippen LogP contribution in [0.5, 0.6) is 0 Å². The molecule has 2 aromatic heterocycles. The highest BCUT2D eigenvalue weighted by molar-refractivity contribution is 5.85. The van der Waals surface area contributed by atoms with Gasteiger partial charge in [-0.1, -0.05) is 58.0 Å².